The Morgan fingerprint density at radius 2 is 2.12 bits per heavy atom. The minimum Gasteiger partial charge on any atom is -0.352 e. The summed E-state index contributed by atoms with van der Waals surface area (Å²) in [7, 11) is 0. The lowest BCUT2D eigenvalue weighted by Crippen LogP contribution is -2.55. The van der Waals surface area contributed by atoms with Gasteiger partial charge in [-0.25, -0.2) is 0 Å². The lowest BCUT2D eigenvalue weighted by Gasteiger charge is -2.32. The molecule has 0 spiro atoms. The van der Waals surface area contributed by atoms with E-state index in [1.807, 2.05) is 0 Å². The molecule has 2 aliphatic rings. The van der Waals surface area contributed by atoms with Crippen molar-refractivity contribution in [3.8, 4) is 0 Å². The quantitative estimate of drug-likeness (QED) is 0.798. The fraction of sp³-hybridized carbons (Fsp3) is 0.917. The Morgan fingerprint density at radius 3 is 2.69 bits per heavy atom. The number of rotatable bonds is 3. The molecule has 2 rings (SSSR count). The Hall–Kier alpha value is -0.280. The molecule has 94 valence electrons. The Kier molecular flexibility index (Phi) is 5.56. The Balaban J connectivity index is 0.00000128. The highest BCUT2D eigenvalue weighted by Gasteiger charge is 2.28. The van der Waals surface area contributed by atoms with Crippen LogP contribution in [-0.4, -0.2) is 24.5 Å². The molecule has 3 atom stereocenters. The van der Waals surface area contributed by atoms with E-state index in [4.69, 9.17) is 0 Å². The number of nitrogens with one attached hydrogen (secondary N) is 2. The Morgan fingerprint density at radius 1 is 1.38 bits per heavy atom. The summed E-state index contributed by atoms with van der Waals surface area (Å²) in [4.78, 5) is 11.7. The van der Waals surface area contributed by atoms with E-state index in [0.717, 1.165) is 18.9 Å². The van der Waals surface area contributed by atoms with Crippen molar-refractivity contribution in [3.63, 3.8) is 0 Å². The number of halogens is 1. The smallest absolute Gasteiger partial charge is 0.237 e. The van der Waals surface area contributed by atoms with Crippen molar-refractivity contribution >= 4 is 18.3 Å². The van der Waals surface area contributed by atoms with Gasteiger partial charge in [-0.1, -0.05) is 26.2 Å². The first-order valence-corrected chi connectivity index (χ1v) is 6.33. The van der Waals surface area contributed by atoms with Crippen molar-refractivity contribution in [1.29, 1.82) is 0 Å². The van der Waals surface area contributed by atoms with Gasteiger partial charge in [0.1, 0.15) is 0 Å². The molecule has 3 nitrogen and oxygen atoms in total. The maximum Gasteiger partial charge on any atom is 0.237 e. The van der Waals surface area contributed by atoms with Crippen LogP contribution in [-0.2, 0) is 4.79 Å². The average Bonchev–Trinajstić information content (AvgIpc) is 2.15. The van der Waals surface area contributed by atoms with Gasteiger partial charge in [0.25, 0.3) is 0 Å². The molecule has 0 aromatic rings. The van der Waals surface area contributed by atoms with Crippen LogP contribution in [0.5, 0.6) is 0 Å². The summed E-state index contributed by atoms with van der Waals surface area (Å²) < 4.78 is 0. The average molecular weight is 247 g/mol. The van der Waals surface area contributed by atoms with Gasteiger partial charge < -0.3 is 10.6 Å². The van der Waals surface area contributed by atoms with E-state index in [9.17, 15) is 4.79 Å². The fourth-order valence-corrected chi connectivity index (χ4v) is 2.61. The fourth-order valence-electron chi connectivity index (χ4n) is 2.61. The van der Waals surface area contributed by atoms with E-state index in [0.29, 0.717) is 6.04 Å². The van der Waals surface area contributed by atoms with E-state index >= 15 is 0 Å². The van der Waals surface area contributed by atoms with Crippen LogP contribution in [0.25, 0.3) is 0 Å². The van der Waals surface area contributed by atoms with Crippen molar-refractivity contribution < 1.29 is 4.79 Å². The summed E-state index contributed by atoms with van der Waals surface area (Å²) >= 11 is 0. The molecule has 1 aliphatic heterocycles. The zero-order valence-electron chi connectivity index (χ0n) is 10.00. The third kappa shape index (κ3) is 3.36. The van der Waals surface area contributed by atoms with Crippen LogP contribution in [0.15, 0.2) is 0 Å². The van der Waals surface area contributed by atoms with Crippen molar-refractivity contribution in [2.45, 2.75) is 57.5 Å². The summed E-state index contributed by atoms with van der Waals surface area (Å²) in [6, 6.07) is 0.547. The van der Waals surface area contributed by atoms with Gasteiger partial charge in [0.05, 0.1) is 6.04 Å². The molecule has 2 N–H and O–H groups in total. The number of carbonyl (C=O) groups excluding carboxylic acids is 1. The highest BCUT2D eigenvalue weighted by Crippen LogP contribution is 2.26. The van der Waals surface area contributed by atoms with Gasteiger partial charge in [-0.3, -0.25) is 4.79 Å². The molecule has 1 heterocycles. The molecule has 2 unspecified atom stereocenters. The van der Waals surface area contributed by atoms with E-state index in [1.165, 1.54) is 32.1 Å². The highest BCUT2D eigenvalue weighted by molar-refractivity contribution is 5.85. The van der Waals surface area contributed by atoms with Crippen LogP contribution in [0.4, 0.5) is 0 Å². The second kappa shape index (κ2) is 6.45. The van der Waals surface area contributed by atoms with Crippen molar-refractivity contribution in [1.82, 2.24) is 10.6 Å². The predicted octanol–water partition coefficient (Wildman–Crippen LogP) is 1.86. The van der Waals surface area contributed by atoms with Crippen molar-refractivity contribution in [3.05, 3.63) is 0 Å². The summed E-state index contributed by atoms with van der Waals surface area (Å²) in [6.45, 7) is 3.25. The van der Waals surface area contributed by atoms with Gasteiger partial charge in [-0.05, 0) is 31.7 Å². The maximum absolute atomic E-state index is 11.7. The molecule has 1 amide bonds. The SMILES string of the molecule is CCC1CCCC(NC(=O)[C@H]2CCN2)C1.Cl. The maximum atomic E-state index is 11.7. The lowest BCUT2D eigenvalue weighted by molar-refractivity contribution is -0.125. The molecule has 16 heavy (non-hydrogen) atoms. The van der Waals surface area contributed by atoms with Gasteiger partial charge in [0.2, 0.25) is 5.91 Å². The van der Waals surface area contributed by atoms with E-state index in [2.05, 4.69) is 17.6 Å². The second-order valence-electron chi connectivity index (χ2n) is 4.94. The molecule has 0 bridgehead atoms. The molecular weight excluding hydrogens is 224 g/mol. The molecule has 0 aromatic carbocycles. The van der Waals surface area contributed by atoms with Crippen molar-refractivity contribution in [2.75, 3.05) is 6.54 Å². The van der Waals surface area contributed by atoms with Gasteiger partial charge in [-0.15, -0.1) is 12.4 Å². The van der Waals surface area contributed by atoms with Gasteiger partial charge in [-0.2, -0.15) is 0 Å². The zero-order chi connectivity index (χ0) is 10.7. The predicted molar refractivity (Wildman–Crippen MR) is 67.8 cm³/mol. The minimum atomic E-state index is 0. The normalized spacial score (nSPS) is 33.4. The zero-order valence-corrected chi connectivity index (χ0v) is 10.8. The van der Waals surface area contributed by atoms with Crippen molar-refractivity contribution in [2.24, 2.45) is 5.92 Å². The Bertz CT molecular complexity index is 231. The van der Waals surface area contributed by atoms with Gasteiger partial charge in [0.15, 0.2) is 0 Å². The first-order chi connectivity index (χ1) is 7.29. The largest absolute Gasteiger partial charge is 0.352 e. The molecule has 1 aliphatic carbocycles. The first kappa shape index (κ1) is 13.8. The third-order valence-corrected chi connectivity index (χ3v) is 3.85. The van der Waals surface area contributed by atoms with Gasteiger partial charge >= 0.3 is 0 Å². The molecule has 2 fully saturated rings. The highest BCUT2D eigenvalue weighted by atomic mass is 35.5. The standard InChI is InChI=1S/C12H22N2O.ClH/c1-2-9-4-3-5-10(8-9)14-12(15)11-6-7-13-11;/h9-11,13H,2-8H2,1H3,(H,14,15);1H/t9?,10?,11-;/m1./s1. The lowest BCUT2D eigenvalue weighted by atomic mass is 9.84. The molecule has 0 aromatic heterocycles. The van der Waals surface area contributed by atoms with Crippen LogP contribution < -0.4 is 10.6 Å². The number of carbonyl (C=O) groups is 1. The first-order valence-electron chi connectivity index (χ1n) is 6.33. The summed E-state index contributed by atoms with van der Waals surface area (Å²) in [5, 5.41) is 6.33. The molecule has 4 heteroatoms. The summed E-state index contributed by atoms with van der Waals surface area (Å²) in [6.07, 6.45) is 7.26. The van der Waals surface area contributed by atoms with Gasteiger partial charge in [0, 0.05) is 6.04 Å². The molecule has 1 saturated heterocycles. The van der Waals surface area contributed by atoms with Crippen LogP contribution in [0.1, 0.15) is 45.4 Å². The number of hydrogen-bond acceptors (Lipinski definition) is 2. The molecule has 0 radical (unpaired) electrons. The molecule has 1 saturated carbocycles. The van der Waals surface area contributed by atoms with E-state index < -0.39 is 0 Å². The second-order valence-corrected chi connectivity index (χ2v) is 4.94. The Labute approximate surface area is 104 Å². The van der Waals surface area contributed by atoms with E-state index in [-0.39, 0.29) is 24.4 Å². The molecular formula is C12H23ClN2O. The summed E-state index contributed by atoms with van der Waals surface area (Å²) in [5.74, 6) is 1.06. The number of amides is 1. The minimum absolute atomic E-state index is 0. The van der Waals surface area contributed by atoms with Crippen LogP contribution in [0.3, 0.4) is 0 Å². The van der Waals surface area contributed by atoms with Crippen LogP contribution in [0.2, 0.25) is 0 Å². The topological polar surface area (TPSA) is 41.1 Å². The number of hydrogen-bond donors (Lipinski definition) is 2. The van der Waals surface area contributed by atoms with Crippen LogP contribution in [0, 0.1) is 5.92 Å². The van der Waals surface area contributed by atoms with E-state index in [1.54, 1.807) is 0 Å². The van der Waals surface area contributed by atoms with Crippen LogP contribution >= 0.6 is 12.4 Å². The third-order valence-electron chi connectivity index (χ3n) is 3.85. The summed E-state index contributed by atoms with van der Waals surface area (Å²) in [5.41, 5.74) is 0. The monoisotopic (exact) mass is 246 g/mol.